The molecule has 5 nitrogen and oxygen atoms in total. The number of aryl methyl sites for hydroxylation is 3. The van der Waals surface area contributed by atoms with Gasteiger partial charge >= 0.3 is 0 Å². The summed E-state index contributed by atoms with van der Waals surface area (Å²) in [6.07, 6.45) is 13.1. The molecule has 0 unspecified atom stereocenters. The summed E-state index contributed by atoms with van der Waals surface area (Å²) in [7, 11) is 0. The van der Waals surface area contributed by atoms with E-state index in [1.54, 1.807) is 24.2 Å². The Morgan fingerprint density at radius 3 is 2.72 bits per heavy atom. The standard InChI is InChI=1S/C19H25N5S/c1-3-8-17-23-16-14-20-13-15(2)18(16)24(17)11-5-4-6-12-25-19-21-9-7-10-22-19/h7,9-10,13-14H,3-6,8,11-12H2,1-2H3. The molecular formula is C19H25N5S. The fourth-order valence-corrected chi connectivity index (χ4v) is 3.83. The summed E-state index contributed by atoms with van der Waals surface area (Å²) in [5.74, 6) is 2.26. The van der Waals surface area contributed by atoms with Crippen LogP contribution in [0.4, 0.5) is 0 Å². The lowest BCUT2D eigenvalue weighted by Crippen LogP contribution is -2.05. The van der Waals surface area contributed by atoms with Crippen LogP contribution in [0.25, 0.3) is 11.0 Å². The van der Waals surface area contributed by atoms with Gasteiger partial charge in [0.15, 0.2) is 5.16 Å². The van der Waals surface area contributed by atoms with Gasteiger partial charge in [0.05, 0.1) is 11.7 Å². The Balaban J connectivity index is 1.54. The minimum absolute atomic E-state index is 0.872. The molecule has 0 N–H and O–H groups in total. The Kier molecular flexibility index (Phi) is 6.39. The van der Waals surface area contributed by atoms with Crippen molar-refractivity contribution < 1.29 is 0 Å². The molecule has 0 spiro atoms. The van der Waals surface area contributed by atoms with E-state index in [9.17, 15) is 0 Å². The van der Waals surface area contributed by atoms with E-state index in [1.807, 2.05) is 18.5 Å². The predicted octanol–water partition coefficient (Wildman–Crippen LogP) is 4.44. The zero-order valence-corrected chi connectivity index (χ0v) is 15.8. The molecule has 3 rings (SSSR count). The molecule has 0 aromatic carbocycles. The van der Waals surface area contributed by atoms with Crippen LogP contribution in [0, 0.1) is 6.92 Å². The van der Waals surface area contributed by atoms with Crippen molar-refractivity contribution in [1.29, 1.82) is 0 Å². The fraction of sp³-hybridized carbons (Fsp3) is 0.474. The maximum Gasteiger partial charge on any atom is 0.187 e. The highest BCUT2D eigenvalue weighted by atomic mass is 32.2. The first kappa shape index (κ1) is 17.9. The molecule has 0 aliphatic carbocycles. The third kappa shape index (κ3) is 4.57. The topological polar surface area (TPSA) is 56.5 Å². The molecule has 0 aliphatic heterocycles. The number of thioether (sulfide) groups is 1. The van der Waals surface area contributed by atoms with Crippen molar-refractivity contribution in [3.05, 3.63) is 42.2 Å². The number of fused-ring (bicyclic) bond motifs is 1. The number of hydrogen-bond donors (Lipinski definition) is 0. The molecule has 0 amide bonds. The molecule has 0 atom stereocenters. The molecule has 0 aliphatic rings. The Morgan fingerprint density at radius 1 is 1.08 bits per heavy atom. The van der Waals surface area contributed by atoms with Gasteiger partial charge in [-0.3, -0.25) is 4.98 Å². The van der Waals surface area contributed by atoms with Gasteiger partial charge in [-0.25, -0.2) is 15.0 Å². The van der Waals surface area contributed by atoms with Crippen LogP contribution in [-0.4, -0.2) is 30.3 Å². The normalized spacial score (nSPS) is 11.3. The van der Waals surface area contributed by atoms with Gasteiger partial charge in [-0.1, -0.05) is 25.1 Å². The van der Waals surface area contributed by atoms with Crippen LogP contribution in [0.1, 0.15) is 44.0 Å². The summed E-state index contributed by atoms with van der Waals surface area (Å²) < 4.78 is 2.41. The van der Waals surface area contributed by atoms with E-state index in [0.29, 0.717) is 0 Å². The second kappa shape index (κ2) is 8.94. The molecule has 0 radical (unpaired) electrons. The van der Waals surface area contributed by atoms with Gasteiger partial charge in [-0.05, 0) is 37.8 Å². The van der Waals surface area contributed by atoms with Crippen LogP contribution in [0.5, 0.6) is 0 Å². The highest BCUT2D eigenvalue weighted by molar-refractivity contribution is 7.99. The number of rotatable bonds is 9. The van der Waals surface area contributed by atoms with Crippen LogP contribution >= 0.6 is 11.8 Å². The van der Waals surface area contributed by atoms with Crippen LogP contribution in [-0.2, 0) is 13.0 Å². The molecule has 0 fully saturated rings. The maximum atomic E-state index is 4.80. The first-order valence-corrected chi connectivity index (χ1v) is 9.97. The molecule has 132 valence electrons. The Bertz CT molecular complexity index is 800. The van der Waals surface area contributed by atoms with Gasteiger partial charge in [-0.2, -0.15) is 0 Å². The molecule has 3 heterocycles. The second-order valence-electron chi connectivity index (χ2n) is 6.19. The van der Waals surface area contributed by atoms with E-state index in [-0.39, 0.29) is 0 Å². The first-order chi connectivity index (χ1) is 12.3. The molecule has 0 bridgehead atoms. The molecule has 6 heteroatoms. The lowest BCUT2D eigenvalue weighted by atomic mass is 10.2. The number of pyridine rings is 1. The van der Waals surface area contributed by atoms with Crippen LogP contribution in [0.2, 0.25) is 0 Å². The molecule has 25 heavy (non-hydrogen) atoms. The number of hydrogen-bond acceptors (Lipinski definition) is 5. The largest absolute Gasteiger partial charge is 0.328 e. The van der Waals surface area contributed by atoms with Gasteiger partial charge in [-0.15, -0.1) is 0 Å². The third-order valence-corrected chi connectivity index (χ3v) is 5.15. The summed E-state index contributed by atoms with van der Waals surface area (Å²) >= 11 is 1.73. The Morgan fingerprint density at radius 2 is 1.92 bits per heavy atom. The molecule has 0 saturated carbocycles. The highest BCUT2D eigenvalue weighted by Gasteiger charge is 2.12. The van der Waals surface area contributed by atoms with Crippen molar-refractivity contribution in [3.63, 3.8) is 0 Å². The minimum atomic E-state index is 0.872. The highest BCUT2D eigenvalue weighted by Crippen LogP contribution is 2.21. The van der Waals surface area contributed by atoms with E-state index in [4.69, 9.17) is 4.98 Å². The van der Waals surface area contributed by atoms with E-state index in [2.05, 4.69) is 33.4 Å². The van der Waals surface area contributed by atoms with Gasteiger partial charge in [0.1, 0.15) is 11.3 Å². The zero-order valence-electron chi connectivity index (χ0n) is 15.0. The Hall–Kier alpha value is -1.95. The van der Waals surface area contributed by atoms with Gasteiger partial charge < -0.3 is 4.57 Å². The summed E-state index contributed by atoms with van der Waals surface area (Å²) in [6, 6.07) is 1.85. The lowest BCUT2D eigenvalue weighted by Gasteiger charge is -2.10. The second-order valence-corrected chi connectivity index (χ2v) is 7.26. The summed E-state index contributed by atoms with van der Waals surface area (Å²) in [6.45, 7) is 5.36. The number of aromatic nitrogens is 5. The van der Waals surface area contributed by atoms with Crippen LogP contribution in [0.15, 0.2) is 36.0 Å². The van der Waals surface area contributed by atoms with Gasteiger partial charge in [0, 0.05) is 37.3 Å². The number of unbranched alkanes of at least 4 members (excludes halogenated alkanes) is 2. The molecular weight excluding hydrogens is 330 g/mol. The van der Waals surface area contributed by atoms with E-state index >= 15 is 0 Å². The minimum Gasteiger partial charge on any atom is -0.328 e. The van der Waals surface area contributed by atoms with E-state index in [0.717, 1.165) is 35.8 Å². The molecule has 3 aromatic rings. The lowest BCUT2D eigenvalue weighted by molar-refractivity contribution is 0.589. The van der Waals surface area contributed by atoms with Crippen molar-refractivity contribution in [2.75, 3.05) is 5.75 Å². The van der Waals surface area contributed by atoms with E-state index in [1.165, 1.54) is 36.2 Å². The average Bonchev–Trinajstić information content (AvgIpc) is 2.98. The first-order valence-electron chi connectivity index (χ1n) is 8.99. The zero-order chi connectivity index (χ0) is 17.5. The van der Waals surface area contributed by atoms with Gasteiger partial charge in [0.25, 0.3) is 0 Å². The average molecular weight is 356 g/mol. The summed E-state index contributed by atoms with van der Waals surface area (Å²) in [5.41, 5.74) is 3.50. The van der Waals surface area contributed by atoms with E-state index < -0.39 is 0 Å². The maximum absolute atomic E-state index is 4.80. The van der Waals surface area contributed by atoms with Crippen molar-refractivity contribution >= 4 is 22.8 Å². The number of imidazole rings is 1. The number of nitrogens with zero attached hydrogens (tertiary/aromatic N) is 5. The van der Waals surface area contributed by atoms with Crippen molar-refractivity contribution in [1.82, 2.24) is 24.5 Å². The summed E-state index contributed by atoms with van der Waals surface area (Å²) in [4.78, 5) is 17.6. The molecule has 0 saturated heterocycles. The fourth-order valence-electron chi connectivity index (χ4n) is 3.03. The monoisotopic (exact) mass is 355 g/mol. The summed E-state index contributed by atoms with van der Waals surface area (Å²) in [5, 5.41) is 0.872. The molecule has 3 aromatic heterocycles. The SMILES string of the molecule is CCCc1nc2cncc(C)c2n1CCCCCSc1ncccn1. The van der Waals surface area contributed by atoms with Crippen LogP contribution in [0.3, 0.4) is 0 Å². The Labute approximate surface area is 153 Å². The third-order valence-electron chi connectivity index (χ3n) is 4.19. The van der Waals surface area contributed by atoms with Crippen molar-refractivity contribution in [2.45, 2.75) is 57.7 Å². The van der Waals surface area contributed by atoms with Crippen LogP contribution < -0.4 is 0 Å². The smallest absolute Gasteiger partial charge is 0.187 e. The van der Waals surface area contributed by atoms with Crippen molar-refractivity contribution in [2.24, 2.45) is 0 Å². The van der Waals surface area contributed by atoms with Crippen molar-refractivity contribution in [3.8, 4) is 0 Å². The van der Waals surface area contributed by atoms with Gasteiger partial charge in [0.2, 0.25) is 0 Å². The predicted molar refractivity (Wildman–Crippen MR) is 103 cm³/mol. The quantitative estimate of drug-likeness (QED) is 0.322.